The maximum absolute atomic E-state index is 12.4. The molecule has 0 saturated heterocycles. The van der Waals surface area contributed by atoms with Crippen molar-refractivity contribution in [2.75, 3.05) is 19.5 Å². The SMILES string of the molecule is COc1ccc(-c2cn3c(CC(=O)Nc4ccc(C)cn4)csc3n2)cc1OC. The summed E-state index contributed by atoms with van der Waals surface area (Å²) in [6.07, 6.45) is 3.89. The van der Waals surface area contributed by atoms with Crippen LogP contribution in [-0.2, 0) is 11.2 Å². The van der Waals surface area contributed by atoms with Gasteiger partial charge >= 0.3 is 0 Å². The van der Waals surface area contributed by atoms with Crippen LogP contribution in [0.4, 0.5) is 5.82 Å². The summed E-state index contributed by atoms with van der Waals surface area (Å²) >= 11 is 1.50. The number of hydrogen-bond acceptors (Lipinski definition) is 6. The number of nitrogens with zero attached hydrogens (tertiary/aromatic N) is 3. The third-order valence-electron chi connectivity index (χ3n) is 4.48. The van der Waals surface area contributed by atoms with Gasteiger partial charge in [0.2, 0.25) is 5.91 Å². The predicted molar refractivity (Wildman–Crippen MR) is 113 cm³/mol. The van der Waals surface area contributed by atoms with Crippen LogP contribution in [0.25, 0.3) is 16.2 Å². The van der Waals surface area contributed by atoms with Gasteiger partial charge in [-0.15, -0.1) is 11.3 Å². The first kappa shape index (κ1) is 18.9. The Bertz CT molecular complexity index is 1160. The number of carbonyl (C=O) groups excluding carboxylic acids is 1. The molecule has 4 aromatic rings. The quantitative estimate of drug-likeness (QED) is 0.522. The zero-order chi connectivity index (χ0) is 20.4. The van der Waals surface area contributed by atoms with Crippen molar-refractivity contribution in [3.05, 3.63) is 59.4 Å². The van der Waals surface area contributed by atoms with Gasteiger partial charge in [0.1, 0.15) is 5.82 Å². The van der Waals surface area contributed by atoms with Crippen molar-refractivity contribution < 1.29 is 14.3 Å². The van der Waals surface area contributed by atoms with Crippen molar-refractivity contribution in [2.24, 2.45) is 0 Å². The lowest BCUT2D eigenvalue weighted by atomic mass is 10.1. The Kier molecular flexibility index (Phi) is 5.18. The fourth-order valence-corrected chi connectivity index (χ4v) is 3.86. The predicted octanol–water partition coefficient (Wildman–Crippen LogP) is 3.96. The van der Waals surface area contributed by atoms with Gasteiger partial charge in [0.15, 0.2) is 16.5 Å². The molecule has 7 nitrogen and oxygen atoms in total. The van der Waals surface area contributed by atoms with Gasteiger partial charge in [-0.2, -0.15) is 0 Å². The Balaban J connectivity index is 1.56. The number of aromatic nitrogens is 3. The molecule has 8 heteroatoms. The van der Waals surface area contributed by atoms with Crippen molar-refractivity contribution in [3.8, 4) is 22.8 Å². The van der Waals surface area contributed by atoms with Crippen molar-refractivity contribution in [2.45, 2.75) is 13.3 Å². The molecular weight excluding hydrogens is 388 g/mol. The van der Waals surface area contributed by atoms with Crippen LogP contribution in [0.3, 0.4) is 0 Å². The number of ether oxygens (including phenoxy) is 2. The molecule has 0 fully saturated rings. The van der Waals surface area contributed by atoms with E-state index in [2.05, 4.69) is 15.3 Å². The van der Waals surface area contributed by atoms with Crippen LogP contribution < -0.4 is 14.8 Å². The van der Waals surface area contributed by atoms with E-state index in [1.807, 2.05) is 47.2 Å². The first-order valence-corrected chi connectivity index (χ1v) is 9.85. The molecule has 0 spiro atoms. The third-order valence-corrected chi connectivity index (χ3v) is 5.37. The van der Waals surface area contributed by atoms with Crippen molar-refractivity contribution >= 4 is 28.0 Å². The number of imidazole rings is 1. The van der Waals surface area contributed by atoms with Crippen LogP contribution >= 0.6 is 11.3 Å². The van der Waals surface area contributed by atoms with Crippen LogP contribution in [0.2, 0.25) is 0 Å². The molecule has 0 aliphatic carbocycles. The number of thiazole rings is 1. The summed E-state index contributed by atoms with van der Waals surface area (Å²) in [5, 5.41) is 4.78. The molecule has 0 saturated carbocycles. The first-order valence-electron chi connectivity index (χ1n) is 8.97. The zero-order valence-electron chi connectivity index (χ0n) is 16.3. The number of anilines is 1. The van der Waals surface area contributed by atoms with Gasteiger partial charge in [-0.05, 0) is 36.8 Å². The van der Waals surface area contributed by atoms with E-state index in [0.29, 0.717) is 17.3 Å². The summed E-state index contributed by atoms with van der Waals surface area (Å²) in [5.41, 5.74) is 3.63. The van der Waals surface area contributed by atoms with Crippen LogP contribution in [-0.4, -0.2) is 34.5 Å². The van der Waals surface area contributed by atoms with Gasteiger partial charge in [0.25, 0.3) is 0 Å². The number of nitrogens with one attached hydrogen (secondary N) is 1. The van der Waals surface area contributed by atoms with E-state index in [1.165, 1.54) is 11.3 Å². The number of pyridine rings is 1. The lowest BCUT2D eigenvalue weighted by molar-refractivity contribution is -0.115. The Morgan fingerprint density at radius 3 is 2.72 bits per heavy atom. The summed E-state index contributed by atoms with van der Waals surface area (Å²) < 4.78 is 12.6. The number of methoxy groups -OCH3 is 2. The minimum absolute atomic E-state index is 0.123. The molecule has 0 radical (unpaired) electrons. The average molecular weight is 408 g/mol. The molecule has 0 aliphatic rings. The second-order valence-electron chi connectivity index (χ2n) is 6.52. The lowest BCUT2D eigenvalue weighted by Crippen LogP contribution is -2.16. The largest absolute Gasteiger partial charge is 0.493 e. The van der Waals surface area contributed by atoms with Gasteiger partial charge in [-0.1, -0.05) is 6.07 Å². The molecule has 3 aromatic heterocycles. The number of aryl methyl sites for hydroxylation is 1. The van der Waals surface area contributed by atoms with E-state index in [1.54, 1.807) is 26.5 Å². The smallest absolute Gasteiger partial charge is 0.231 e. The summed E-state index contributed by atoms with van der Waals surface area (Å²) in [5.74, 6) is 1.73. The molecule has 29 heavy (non-hydrogen) atoms. The van der Waals surface area contributed by atoms with E-state index in [4.69, 9.17) is 9.47 Å². The number of fused-ring (bicyclic) bond motifs is 1. The average Bonchev–Trinajstić information content (AvgIpc) is 3.31. The zero-order valence-corrected chi connectivity index (χ0v) is 17.1. The number of carbonyl (C=O) groups is 1. The third kappa shape index (κ3) is 3.93. The van der Waals surface area contributed by atoms with Gasteiger partial charge in [-0.3, -0.25) is 9.20 Å². The minimum Gasteiger partial charge on any atom is -0.493 e. The highest BCUT2D eigenvalue weighted by atomic mass is 32.1. The summed E-state index contributed by atoms with van der Waals surface area (Å²) in [6, 6.07) is 9.38. The molecule has 1 aromatic carbocycles. The summed E-state index contributed by atoms with van der Waals surface area (Å²) in [6.45, 7) is 1.95. The highest BCUT2D eigenvalue weighted by Gasteiger charge is 2.14. The standard InChI is InChI=1S/C21H20N4O3S/c1-13-4-7-19(22-10-13)24-20(26)9-15-12-29-21-23-16(11-25(15)21)14-5-6-17(27-2)18(8-14)28-3/h4-8,10-12H,9H2,1-3H3,(H,22,24,26). The lowest BCUT2D eigenvalue weighted by Gasteiger charge is -2.08. The number of benzene rings is 1. The topological polar surface area (TPSA) is 77.8 Å². The van der Waals surface area contributed by atoms with Gasteiger partial charge in [0, 0.05) is 29.0 Å². The molecule has 1 N–H and O–H groups in total. The Morgan fingerprint density at radius 2 is 2.00 bits per heavy atom. The summed E-state index contributed by atoms with van der Waals surface area (Å²) in [4.78, 5) is 22.1. The van der Waals surface area contributed by atoms with E-state index in [9.17, 15) is 4.79 Å². The van der Waals surface area contributed by atoms with E-state index >= 15 is 0 Å². The molecule has 0 atom stereocenters. The maximum atomic E-state index is 12.4. The minimum atomic E-state index is -0.123. The molecule has 0 aliphatic heterocycles. The molecular formula is C21H20N4O3S. The van der Waals surface area contributed by atoms with Crippen LogP contribution in [0.15, 0.2) is 48.1 Å². The van der Waals surface area contributed by atoms with Gasteiger partial charge < -0.3 is 14.8 Å². The highest BCUT2D eigenvalue weighted by Crippen LogP contribution is 2.32. The highest BCUT2D eigenvalue weighted by molar-refractivity contribution is 7.15. The molecule has 3 heterocycles. The van der Waals surface area contributed by atoms with Crippen molar-refractivity contribution in [1.29, 1.82) is 0 Å². The molecule has 0 unspecified atom stereocenters. The molecule has 1 amide bonds. The van der Waals surface area contributed by atoms with Crippen molar-refractivity contribution in [1.82, 2.24) is 14.4 Å². The molecule has 148 valence electrons. The van der Waals surface area contributed by atoms with Gasteiger partial charge in [0.05, 0.1) is 26.3 Å². The second kappa shape index (κ2) is 7.92. The van der Waals surface area contributed by atoms with Crippen molar-refractivity contribution in [3.63, 3.8) is 0 Å². The Labute approximate surface area is 172 Å². The number of rotatable bonds is 6. The number of hydrogen-bond donors (Lipinski definition) is 1. The monoisotopic (exact) mass is 408 g/mol. The van der Waals surface area contributed by atoms with E-state index in [-0.39, 0.29) is 12.3 Å². The number of amides is 1. The molecule has 4 rings (SSSR count). The van der Waals surface area contributed by atoms with Crippen LogP contribution in [0, 0.1) is 6.92 Å². The van der Waals surface area contributed by atoms with Crippen LogP contribution in [0.5, 0.6) is 11.5 Å². The van der Waals surface area contributed by atoms with Gasteiger partial charge in [-0.25, -0.2) is 9.97 Å². The normalized spacial score (nSPS) is 10.9. The molecule has 0 bridgehead atoms. The van der Waals surface area contributed by atoms with Crippen LogP contribution in [0.1, 0.15) is 11.3 Å². The van der Waals surface area contributed by atoms with E-state index in [0.717, 1.165) is 27.5 Å². The van der Waals surface area contributed by atoms with E-state index < -0.39 is 0 Å². The fourth-order valence-electron chi connectivity index (χ4n) is 2.98. The Hall–Kier alpha value is -3.39. The second-order valence-corrected chi connectivity index (χ2v) is 7.36. The first-order chi connectivity index (χ1) is 14.1. The Morgan fingerprint density at radius 1 is 1.17 bits per heavy atom. The maximum Gasteiger partial charge on any atom is 0.231 e. The fraction of sp³-hybridized carbons (Fsp3) is 0.190. The summed E-state index contributed by atoms with van der Waals surface area (Å²) in [7, 11) is 3.21.